The van der Waals surface area contributed by atoms with Crippen LogP contribution in [0, 0.1) is 0 Å². The minimum absolute atomic E-state index is 0.00240. The van der Waals surface area contributed by atoms with Crippen molar-refractivity contribution >= 4 is 12.1 Å². The van der Waals surface area contributed by atoms with Crippen LogP contribution < -0.4 is 0 Å². The van der Waals surface area contributed by atoms with E-state index in [-0.39, 0.29) is 6.04 Å². The average Bonchev–Trinajstić information content (AvgIpc) is 2.97. The molecule has 2 saturated heterocycles. The zero-order valence-electron chi connectivity index (χ0n) is 10.8. The van der Waals surface area contributed by atoms with E-state index in [1.54, 1.807) is 0 Å². The number of hydrogen-bond acceptors (Lipinski definition) is 3. The predicted octanol–water partition coefficient (Wildman–Crippen LogP) is 1.08. The van der Waals surface area contributed by atoms with Crippen molar-refractivity contribution in [2.45, 2.75) is 31.1 Å². The molecule has 0 aliphatic carbocycles. The van der Waals surface area contributed by atoms with Crippen molar-refractivity contribution in [3.63, 3.8) is 0 Å². The highest BCUT2D eigenvalue weighted by atomic mass is 16.4. The molecule has 2 bridgehead atoms. The highest BCUT2D eigenvalue weighted by Crippen LogP contribution is 2.37. The van der Waals surface area contributed by atoms with Gasteiger partial charge in [0.15, 0.2) is 0 Å². The van der Waals surface area contributed by atoms with E-state index in [4.69, 9.17) is 5.11 Å². The van der Waals surface area contributed by atoms with E-state index in [1.807, 2.05) is 35.2 Å². The Bertz CT molecular complexity index is 533. The number of amides is 1. The monoisotopic (exact) mass is 276 g/mol. The second kappa shape index (κ2) is 4.79. The van der Waals surface area contributed by atoms with Crippen LogP contribution in [0.2, 0.25) is 0 Å². The Morgan fingerprint density at radius 2 is 1.90 bits per heavy atom. The minimum Gasteiger partial charge on any atom is -0.480 e. The third-order valence-corrected chi connectivity index (χ3v) is 4.22. The first kappa shape index (κ1) is 12.9. The second-order valence-electron chi connectivity index (χ2n) is 5.33. The van der Waals surface area contributed by atoms with Gasteiger partial charge in [-0.05, 0) is 12.0 Å². The van der Waals surface area contributed by atoms with Crippen molar-refractivity contribution < 1.29 is 19.8 Å². The molecule has 2 unspecified atom stereocenters. The van der Waals surface area contributed by atoms with Crippen molar-refractivity contribution in [2.24, 2.45) is 0 Å². The molecule has 3 rings (SSSR count). The average molecular weight is 276 g/mol. The van der Waals surface area contributed by atoms with Gasteiger partial charge in [0.2, 0.25) is 0 Å². The maximum Gasteiger partial charge on any atom is 0.407 e. The number of carbonyl (C=O) groups is 2. The standard InChI is InChI=1S/C14H16N2O4/c17-13(18)12-11-6-10(8-16(11)14(19)20)15(12)7-9-4-2-1-3-5-9/h1-5,10-12H,6-8H2,(H,17,18)(H,19,20)/t10?,11-,12?/m1/s1. The van der Waals surface area contributed by atoms with Gasteiger partial charge in [-0.15, -0.1) is 0 Å². The molecule has 2 aliphatic heterocycles. The highest BCUT2D eigenvalue weighted by molar-refractivity contribution is 5.77. The molecule has 1 aromatic rings. The number of benzene rings is 1. The molecule has 3 atom stereocenters. The largest absolute Gasteiger partial charge is 0.480 e. The molecule has 6 nitrogen and oxygen atoms in total. The van der Waals surface area contributed by atoms with Crippen LogP contribution >= 0.6 is 0 Å². The van der Waals surface area contributed by atoms with Gasteiger partial charge in [0.1, 0.15) is 6.04 Å². The molecule has 1 amide bonds. The summed E-state index contributed by atoms with van der Waals surface area (Å²) in [4.78, 5) is 25.8. The van der Waals surface area contributed by atoms with E-state index < -0.39 is 24.1 Å². The lowest BCUT2D eigenvalue weighted by molar-refractivity contribution is -0.145. The number of piperazine rings is 1. The first-order chi connectivity index (χ1) is 9.58. The van der Waals surface area contributed by atoms with E-state index >= 15 is 0 Å². The number of aliphatic carboxylic acids is 1. The van der Waals surface area contributed by atoms with Gasteiger partial charge in [0, 0.05) is 19.1 Å². The van der Waals surface area contributed by atoms with Gasteiger partial charge < -0.3 is 15.1 Å². The number of hydrogen-bond donors (Lipinski definition) is 2. The number of likely N-dealkylation sites (tertiary alicyclic amines) is 2. The fourth-order valence-electron chi connectivity index (χ4n) is 3.38. The smallest absolute Gasteiger partial charge is 0.407 e. The Hall–Kier alpha value is -2.08. The van der Waals surface area contributed by atoms with Gasteiger partial charge in [-0.1, -0.05) is 30.3 Å². The van der Waals surface area contributed by atoms with Crippen LogP contribution in [-0.2, 0) is 11.3 Å². The molecule has 0 aromatic heterocycles. The maximum absolute atomic E-state index is 11.5. The topological polar surface area (TPSA) is 81.1 Å². The van der Waals surface area contributed by atoms with Gasteiger partial charge in [0.25, 0.3) is 0 Å². The van der Waals surface area contributed by atoms with E-state index in [2.05, 4.69) is 0 Å². The molecule has 0 spiro atoms. The number of fused-ring (bicyclic) bond motifs is 2. The Morgan fingerprint density at radius 3 is 2.50 bits per heavy atom. The molecule has 2 fully saturated rings. The first-order valence-corrected chi connectivity index (χ1v) is 6.60. The summed E-state index contributed by atoms with van der Waals surface area (Å²) in [5, 5.41) is 18.5. The molecule has 2 aliphatic rings. The fourth-order valence-corrected chi connectivity index (χ4v) is 3.38. The molecule has 0 saturated carbocycles. The van der Waals surface area contributed by atoms with Crippen molar-refractivity contribution in [3.05, 3.63) is 35.9 Å². The summed E-state index contributed by atoms with van der Waals surface area (Å²) in [6.45, 7) is 0.947. The molecular formula is C14H16N2O4. The summed E-state index contributed by atoms with van der Waals surface area (Å²) in [6.07, 6.45) is -0.418. The Balaban J connectivity index is 1.82. The number of rotatable bonds is 3. The van der Waals surface area contributed by atoms with Crippen LogP contribution in [-0.4, -0.2) is 56.7 Å². The quantitative estimate of drug-likeness (QED) is 0.863. The Labute approximate surface area is 116 Å². The summed E-state index contributed by atoms with van der Waals surface area (Å²) in [7, 11) is 0. The van der Waals surface area contributed by atoms with E-state index in [0.29, 0.717) is 19.5 Å². The zero-order valence-corrected chi connectivity index (χ0v) is 10.8. The highest BCUT2D eigenvalue weighted by Gasteiger charge is 2.54. The summed E-state index contributed by atoms with van der Waals surface area (Å²) in [6, 6.07) is 8.49. The SMILES string of the molecule is O=C(O)C1[C@H]2CC(CN2C(=O)O)N1Cc1ccccc1. The number of carboxylic acids is 1. The van der Waals surface area contributed by atoms with E-state index in [9.17, 15) is 14.7 Å². The van der Waals surface area contributed by atoms with Crippen molar-refractivity contribution in [1.82, 2.24) is 9.80 Å². The fraction of sp³-hybridized carbons (Fsp3) is 0.429. The van der Waals surface area contributed by atoms with Crippen LogP contribution in [0.3, 0.4) is 0 Å². The summed E-state index contributed by atoms with van der Waals surface area (Å²) in [5.74, 6) is -0.945. The van der Waals surface area contributed by atoms with Gasteiger partial charge >= 0.3 is 12.1 Å². The lowest BCUT2D eigenvalue weighted by Gasteiger charge is -2.37. The van der Waals surface area contributed by atoms with Gasteiger partial charge in [0.05, 0.1) is 6.04 Å². The predicted molar refractivity (Wildman–Crippen MR) is 70.3 cm³/mol. The van der Waals surface area contributed by atoms with Crippen LogP contribution in [0.1, 0.15) is 12.0 Å². The Kier molecular flexibility index (Phi) is 3.10. The molecular weight excluding hydrogens is 260 g/mol. The normalized spacial score (nSPS) is 28.8. The molecule has 20 heavy (non-hydrogen) atoms. The Morgan fingerprint density at radius 1 is 1.20 bits per heavy atom. The van der Waals surface area contributed by atoms with Crippen molar-refractivity contribution in [1.29, 1.82) is 0 Å². The van der Waals surface area contributed by atoms with Crippen LogP contribution in [0.5, 0.6) is 0 Å². The van der Waals surface area contributed by atoms with E-state index in [0.717, 1.165) is 5.56 Å². The van der Waals surface area contributed by atoms with Gasteiger partial charge in [-0.3, -0.25) is 9.69 Å². The van der Waals surface area contributed by atoms with Crippen molar-refractivity contribution in [2.75, 3.05) is 6.54 Å². The third kappa shape index (κ3) is 2.02. The lowest BCUT2D eigenvalue weighted by atomic mass is 10.1. The molecule has 0 radical (unpaired) electrons. The molecule has 2 heterocycles. The maximum atomic E-state index is 11.5. The third-order valence-electron chi connectivity index (χ3n) is 4.22. The second-order valence-corrected chi connectivity index (χ2v) is 5.33. The molecule has 2 N–H and O–H groups in total. The zero-order chi connectivity index (χ0) is 14.3. The summed E-state index contributed by atoms with van der Waals surface area (Å²) < 4.78 is 0. The van der Waals surface area contributed by atoms with E-state index in [1.165, 1.54) is 4.90 Å². The molecule has 6 heteroatoms. The minimum atomic E-state index is -1.02. The van der Waals surface area contributed by atoms with Gasteiger partial charge in [-0.25, -0.2) is 4.79 Å². The number of carboxylic acid groups (broad SMARTS) is 2. The van der Waals surface area contributed by atoms with Crippen LogP contribution in [0.15, 0.2) is 30.3 Å². The first-order valence-electron chi connectivity index (χ1n) is 6.60. The lowest BCUT2D eigenvalue weighted by Crippen LogP contribution is -2.57. The van der Waals surface area contributed by atoms with Crippen molar-refractivity contribution in [3.8, 4) is 0 Å². The number of nitrogens with zero attached hydrogens (tertiary/aromatic N) is 2. The summed E-state index contributed by atoms with van der Waals surface area (Å²) >= 11 is 0. The summed E-state index contributed by atoms with van der Waals surface area (Å²) in [5.41, 5.74) is 1.05. The van der Waals surface area contributed by atoms with Gasteiger partial charge in [-0.2, -0.15) is 0 Å². The molecule has 1 aromatic carbocycles. The van der Waals surface area contributed by atoms with Crippen LogP contribution in [0.4, 0.5) is 4.79 Å². The van der Waals surface area contributed by atoms with Crippen LogP contribution in [0.25, 0.3) is 0 Å². The molecule has 106 valence electrons.